The molecule has 0 aliphatic rings. The van der Waals surface area contributed by atoms with Gasteiger partial charge in [0, 0.05) is 13.1 Å². The van der Waals surface area contributed by atoms with E-state index in [1.54, 1.807) is 0 Å². The van der Waals surface area contributed by atoms with Gasteiger partial charge in [-0.15, -0.1) is 12.4 Å². The van der Waals surface area contributed by atoms with Gasteiger partial charge in [-0.2, -0.15) is 0 Å². The maximum atomic E-state index is 5.28. The summed E-state index contributed by atoms with van der Waals surface area (Å²) < 4.78 is 0. The Bertz CT molecular complexity index is 136. The molecule has 0 radical (unpaired) electrons. The number of thiocarbonyl (C=S) groups is 1. The van der Waals surface area contributed by atoms with Crippen LogP contribution in [0.15, 0.2) is 0 Å². The number of hydrogen-bond donors (Lipinski definition) is 2. The second kappa shape index (κ2) is 11.0. The van der Waals surface area contributed by atoms with Gasteiger partial charge >= 0.3 is 0 Å². The molecule has 3 nitrogen and oxygen atoms in total. The predicted molar refractivity (Wildman–Crippen MR) is 68.6 cm³/mol. The molecule has 0 aromatic carbocycles. The van der Waals surface area contributed by atoms with Crippen LogP contribution in [-0.2, 0) is 0 Å². The Kier molecular flexibility index (Phi) is 12.9. The van der Waals surface area contributed by atoms with E-state index in [-0.39, 0.29) is 12.4 Å². The van der Waals surface area contributed by atoms with E-state index in [2.05, 4.69) is 24.2 Å². The summed E-state index contributed by atoms with van der Waals surface area (Å²) in [4.78, 5) is 2.14. The van der Waals surface area contributed by atoms with Gasteiger partial charge in [0.05, 0.1) is 0 Å². The zero-order chi connectivity index (χ0) is 10.1. The fraction of sp³-hybridized carbons (Fsp3) is 0.889. The summed E-state index contributed by atoms with van der Waals surface area (Å²) in [6, 6.07) is 0. The van der Waals surface area contributed by atoms with Gasteiger partial charge in [-0.05, 0) is 25.1 Å². The van der Waals surface area contributed by atoms with E-state index in [4.69, 9.17) is 18.1 Å². The smallest absolute Gasteiger partial charge is 0.183 e. The van der Waals surface area contributed by atoms with Crippen molar-refractivity contribution in [2.24, 2.45) is 5.84 Å². The summed E-state index contributed by atoms with van der Waals surface area (Å²) in [7, 11) is 0. The number of rotatable bonds is 6. The van der Waals surface area contributed by atoms with Gasteiger partial charge in [-0.25, -0.2) is 5.84 Å². The zero-order valence-electron chi connectivity index (χ0n) is 9.08. The van der Waals surface area contributed by atoms with Crippen LogP contribution in [0.4, 0.5) is 0 Å². The topological polar surface area (TPSA) is 41.3 Å². The molecule has 86 valence electrons. The molecule has 14 heavy (non-hydrogen) atoms. The SMILES string of the molecule is CCCCN(CCCC)C(=S)NN.Cl. The van der Waals surface area contributed by atoms with Gasteiger partial charge in [0.2, 0.25) is 0 Å². The minimum absolute atomic E-state index is 0. The van der Waals surface area contributed by atoms with Crippen molar-refractivity contribution in [1.29, 1.82) is 0 Å². The number of nitrogens with one attached hydrogen (secondary N) is 1. The molecule has 0 aliphatic carbocycles. The van der Waals surface area contributed by atoms with Crippen LogP contribution >= 0.6 is 24.6 Å². The summed E-state index contributed by atoms with van der Waals surface area (Å²) in [6.45, 7) is 6.38. The fourth-order valence-electron chi connectivity index (χ4n) is 1.10. The lowest BCUT2D eigenvalue weighted by atomic mass is 10.3. The maximum Gasteiger partial charge on any atom is 0.183 e. The van der Waals surface area contributed by atoms with E-state index >= 15 is 0 Å². The third-order valence-electron chi connectivity index (χ3n) is 1.97. The maximum absolute atomic E-state index is 5.28. The second-order valence-corrected chi connectivity index (χ2v) is 3.53. The van der Waals surface area contributed by atoms with Crippen LogP contribution < -0.4 is 11.3 Å². The standard InChI is InChI=1S/C9H21N3S.ClH/c1-3-5-7-12(8-6-4-2)9(13)11-10;/h3-8,10H2,1-2H3,(H,11,13);1H. The molecule has 0 rings (SSSR count). The average molecular weight is 240 g/mol. The third kappa shape index (κ3) is 7.35. The normalized spacial score (nSPS) is 9.07. The van der Waals surface area contributed by atoms with Crippen LogP contribution in [0.3, 0.4) is 0 Å². The number of hydrazine groups is 1. The fourth-order valence-corrected chi connectivity index (χ4v) is 1.29. The monoisotopic (exact) mass is 239 g/mol. The van der Waals surface area contributed by atoms with Gasteiger partial charge in [-0.3, -0.25) is 0 Å². The molecule has 0 spiro atoms. The van der Waals surface area contributed by atoms with Gasteiger partial charge in [0.1, 0.15) is 0 Å². The van der Waals surface area contributed by atoms with Crippen LogP contribution in [0.2, 0.25) is 0 Å². The number of unbranched alkanes of at least 4 members (excludes halogenated alkanes) is 2. The Hall–Kier alpha value is -0.0600. The molecule has 0 unspecified atom stereocenters. The molecular weight excluding hydrogens is 218 g/mol. The highest BCUT2D eigenvalue weighted by Crippen LogP contribution is 1.99. The molecule has 0 fully saturated rings. The van der Waals surface area contributed by atoms with Crippen LogP contribution in [0, 0.1) is 0 Å². The first-order valence-corrected chi connectivity index (χ1v) is 5.42. The molecule has 0 saturated heterocycles. The number of nitrogens with zero attached hydrogens (tertiary/aromatic N) is 1. The Morgan fingerprint density at radius 3 is 1.93 bits per heavy atom. The molecule has 0 heterocycles. The highest BCUT2D eigenvalue weighted by atomic mass is 35.5. The Morgan fingerprint density at radius 2 is 1.64 bits per heavy atom. The molecule has 0 aliphatic heterocycles. The van der Waals surface area contributed by atoms with Crippen LogP contribution in [0.5, 0.6) is 0 Å². The highest BCUT2D eigenvalue weighted by Gasteiger charge is 2.05. The summed E-state index contributed by atoms with van der Waals surface area (Å²) in [6.07, 6.45) is 4.72. The molecule has 0 aromatic rings. The van der Waals surface area contributed by atoms with Crippen molar-refractivity contribution < 1.29 is 0 Å². The molecule has 0 atom stereocenters. The number of halogens is 1. The van der Waals surface area contributed by atoms with Gasteiger partial charge in [0.15, 0.2) is 5.11 Å². The van der Waals surface area contributed by atoms with E-state index in [0.717, 1.165) is 13.1 Å². The number of nitrogens with two attached hydrogens (primary N) is 1. The lowest BCUT2D eigenvalue weighted by molar-refractivity contribution is 0.393. The molecule has 5 heteroatoms. The summed E-state index contributed by atoms with van der Waals surface area (Å²) in [5.74, 6) is 5.28. The van der Waals surface area contributed by atoms with Gasteiger partial charge in [0.25, 0.3) is 0 Å². The molecule has 3 N–H and O–H groups in total. The molecular formula is C9H22ClN3S. The van der Waals surface area contributed by atoms with E-state index in [1.165, 1.54) is 25.7 Å². The van der Waals surface area contributed by atoms with Crippen LogP contribution in [0.25, 0.3) is 0 Å². The largest absolute Gasteiger partial charge is 0.348 e. The first kappa shape index (κ1) is 16.4. The molecule has 0 bridgehead atoms. The van der Waals surface area contributed by atoms with Crippen molar-refractivity contribution in [2.75, 3.05) is 13.1 Å². The first-order valence-electron chi connectivity index (χ1n) is 5.01. The average Bonchev–Trinajstić information content (AvgIpc) is 2.17. The van der Waals surface area contributed by atoms with E-state index in [9.17, 15) is 0 Å². The lowest BCUT2D eigenvalue weighted by Crippen LogP contribution is -2.44. The summed E-state index contributed by atoms with van der Waals surface area (Å²) in [5, 5.41) is 0.668. The van der Waals surface area contributed by atoms with Crippen molar-refractivity contribution in [1.82, 2.24) is 10.3 Å². The van der Waals surface area contributed by atoms with E-state index in [0.29, 0.717) is 5.11 Å². The van der Waals surface area contributed by atoms with Crippen molar-refractivity contribution >= 4 is 29.7 Å². The summed E-state index contributed by atoms with van der Waals surface area (Å²) in [5.41, 5.74) is 2.54. The van der Waals surface area contributed by atoms with Crippen LogP contribution in [-0.4, -0.2) is 23.1 Å². The van der Waals surface area contributed by atoms with E-state index < -0.39 is 0 Å². The Morgan fingerprint density at radius 1 is 1.21 bits per heavy atom. The molecule has 0 amide bonds. The van der Waals surface area contributed by atoms with Crippen LogP contribution in [0.1, 0.15) is 39.5 Å². The third-order valence-corrected chi connectivity index (χ3v) is 2.35. The Balaban J connectivity index is 0. The minimum Gasteiger partial charge on any atom is -0.348 e. The van der Waals surface area contributed by atoms with Gasteiger partial charge < -0.3 is 10.3 Å². The minimum atomic E-state index is 0. The quantitative estimate of drug-likeness (QED) is 0.423. The van der Waals surface area contributed by atoms with Gasteiger partial charge in [-0.1, -0.05) is 26.7 Å². The zero-order valence-corrected chi connectivity index (χ0v) is 10.7. The number of hydrogen-bond acceptors (Lipinski definition) is 2. The highest BCUT2D eigenvalue weighted by molar-refractivity contribution is 7.80. The molecule has 0 aromatic heterocycles. The van der Waals surface area contributed by atoms with E-state index in [1.807, 2.05) is 0 Å². The predicted octanol–water partition coefficient (Wildman–Crippen LogP) is 2.06. The van der Waals surface area contributed by atoms with Crippen molar-refractivity contribution in [3.63, 3.8) is 0 Å². The van der Waals surface area contributed by atoms with Crippen molar-refractivity contribution in [3.05, 3.63) is 0 Å². The van der Waals surface area contributed by atoms with Crippen molar-refractivity contribution in [3.8, 4) is 0 Å². The molecule has 0 saturated carbocycles. The Labute approximate surface area is 98.8 Å². The summed E-state index contributed by atoms with van der Waals surface area (Å²) >= 11 is 5.09. The van der Waals surface area contributed by atoms with Crippen molar-refractivity contribution in [2.45, 2.75) is 39.5 Å². The first-order chi connectivity index (χ1) is 6.26. The lowest BCUT2D eigenvalue weighted by Gasteiger charge is -2.24. The second-order valence-electron chi connectivity index (χ2n) is 3.14.